The van der Waals surface area contributed by atoms with Crippen LogP contribution in [0.25, 0.3) is 0 Å². The number of nitrogens with zero attached hydrogens (tertiary/aromatic N) is 3. The minimum absolute atomic E-state index is 0.114. The van der Waals surface area contributed by atoms with Crippen molar-refractivity contribution in [2.24, 2.45) is 4.99 Å². The lowest BCUT2D eigenvalue weighted by atomic mass is 10.00. The Morgan fingerprint density at radius 2 is 1.96 bits per heavy atom. The first-order valence-corrected chi connectivity index (χ1v) is 10.4. The van der Waals surface area contributed by atoms with Crippen LogP contribution in [0, 0.1) is 13.8 Å². The van der Waals surface area contributed by atoms with E-state index in [4.69, 9.17) is 4.52 Å². The Morgan fingerprint density at radius 1 is 1.36 bits per heavy atom. The zero-order chi connectivity index (χ0) is 21.1. The van der Waals surface area contributed by atoms with Gasteiger partial charge in [0.05, 0.1) is 5.69 Å². The van der Waals surface area contributed by atoms with Gasteiger partial charge >= 0.3 is 15.5 Å². The maximum atomic E-state index is 12.6. The van der Waals surface area contributed by atoms with Gasteiger partial charge < -0.3 is 15.2 Å². The number of aromatic nitrogens is 1. The standard InChI is InChI=1S/C16H26F3N5O3S/c1-10(14-11(2)23-27-12(14)3)9-21-15(20-4)22-13-5-7-24(8-6-13)28(25,26)16(17,18)19/h10,13H,5-9H2,1-4H3,(H2,20,21,22). The number of hydrogen-bond acceptors (Lipinski definition) is 5. The number of guanidine groups is 1. The summed E-state index contributed by atoms with van der Waals surface area (Å²) < 4.78 is 66.5. The van der Waals surface area contributed by atoms with Gasteiger partial charge in [0.15, 0.2) is 5.96 Å². The highest BCUT2D eigenvalue weighted by Crippen LogP contribution is 2.29. The number of piperidine rings is 1. The Labute approximate surface area is 162 Å². The molecule has 1 fully saturated rings. The van der Waals surface area contributed by atoms with Gasteiger partial charge in [-0.05, 0) is 26.7 Å². The highest BCUT2D eigenvalue weighted by molar-refractivity contribution is 7.90. The molecule has 0 amide bonds. The first-order chi connectivity index (χ1) is 13.0. The molecule has 1 unspecified atom stereocenters. The SMILES string of the molecule is CN=C(NCC(C)c1c(C)noc1C)NC1CCN(S(=O)(=O)C(F)(F)F)CC1. The molecule has 8 nitrogen and oxygen atoms in total. The maximum absolute atomic E-state index is 12.6. The minimum Gasteiger partial charge on any atom is -0.361 e. The third-order valence-corrected chi connectivity index (χ3v) is 6.44. The van der Waals surface area contributed by atoms with Crippen LogP contribution in [-0.2, 0) is 10.0 Å². The molecular formula is C16H26F3N5O3S. The number of aryl methyl sites for hydroxylation is 2. The highest BCUT2D eigenvalue weighted by Gasteiger charge is 2.50. The number of aliphatic imine (C=N–C) groups is 1. The van der Waals surface area contributed by atoms with E-state index in [0.29, 0.717) is 16.8 Å². The normalized spacial score (nSPS) is 18.9. The molecule has 2 N–H and O–H groups in total. The fourth-order valence-electron chi connectivity index (χ4n) is 3.32. The van der Waals surface area contributed by atoms with Gasteiger partial charge in [0.25, 0.3) is 0 Å². The average Bonchev–Trinajstić information content (AvgIpc) is 2.96. The van der Waals surface area contributed by atoms with Crippen LogP contribution in [0.2, 0.25) is 0 Å². The first kappa shape index (κ1) is 22.5. The molecule has 0 radical (unpaired) electrons. The summed E-state index contributed by atoms with van der Waals surface area (Å²) in [7, 11) is -3.67. The van der Waals surface area contributed by atoms with Gasteiger partial charge in [-0.1, -0.05) is 12.1 Å². The summed E-state index contributed by atoms with van der Waals surface area (Å²) in [5.74, 6) is 1.38. The molecule has 28 heavy (non-hydrogen) atoms. The van der Waals surface area contributed by atoms with E-state index in [9.17, 15) is 21.6 Å². The fourth-order valence-corrected chi connectivity index (χ4v) is 4.30. The Hall–Kier alpha value is -1.82. The van der Waals surface area contributed by atoms with Gasteiger partial charge in [-0.3, -0.25) is 4.99 Å². The van der Waals surface area contributed by atoms with Crippen molar-refractivity contribution in [1.29, 1.82) is 0 Å². The summed E-state index contributed by atoms with van der Waals surface area (Å²) in [4.78, 5) is 4.13. The van der Waals surface area contributed by atoms with E-state index in [0.717, 1.165) is 17.0 Å². The molecule has 0 spiro atoms. The van der Waals surface area contributed by atoms with Crippen LogP contribution >= 0.6 is 0 Å². The van der Waals surface area contributed by atoms with E-state index in [2.05, 4.69) is 20.8 Å². The van der Waals surface area contributed by atoms with E-state index in [1.165, 1.54) is 0 Å². The molecule has 0 aromatic carbocycles. The van der Waals surface area contributed by atoms with Crippen molar-refractivity contribution < 1.29 is 26.1 Å². The van der Waals surface area contributed by atoms with Crippen LogP contribution in [0.4, 0.5) is 13.2 Å². The lowest BCUT2D eigenvalue weighted by molar-refractivity contribution is -0.0494. The lowest BCUT2D eigenvalue weighted by Crippen LogP contribution is -2.52. The summed E-state index contributed by atoms with van der Waals surface area (Å²) in [5.41, 5.74) is -3.42. The number of hydrogen-bond donors (Lipinski definition) is 2. The zero-order valence-corrected chi connectivity index (χ0v) is 17.1. The van der Waals surface area contributed by atoms with Crippen molar-refractivity contribution in [2.45, 2.75) is 51.1 Å². The third kappa shape index (κ3) is 4.96. The van der Waals surface area contributed by atoms with E-state index < -0.39 is 15.5 Å². The van der Waals surface area contributed by atoms with Gasteiger partial charge in [-0.15, -0.1) is 0 Å². The maximum Gasteiger partial charge on any atom is 0.511 e. The Morgan fingerprint density at radius 3 is 2.43 bits per heavy atom. The highest BCUT2D eigenvalue weighted by atomic mass is 32.2. The van der Waals surface area contributed by atoms with Crippen molar-refractivity contribution in [3.8, 4) is 0 Å². The molecule has 2 heterocycles. The number of sulfonamides is 1. The fraction of sp³-hybridized carbons (Fsp3) is 0.750. The van der Waals surface area contributed by atoms with Gasteiger partial charge in [0.1, 0.15) is 5.76 Å². The third-order valence-electron chi connectivity index (χ3n) is 4.81. The molecule has 2 rings (SSSR count). The predicted octanol–water partition coefficient (Wildman–Crippen LogP) is 1.87. The van der Waals surface area contributed by atoms with Gasteiger partial charge in [0, 0.05) is 44.2 Å². The van der Waals surface area contributed by atoms with Gasteiger partial charge in [-0.25, -0.2) is 8.42 Å². The first-order valence-electron chi connectivity index (χ1n) is 8.93. The summed E-state index contributed by atoms with van der Waals surface area (Å²) in [5, 5.41) is 10.3. The summed E-state index contributed by atoms with van der Waals surface area (Å²) >= 11 is 0. The second-order valence-corrected chi connectivity index (χ2v) is 8.79. The van der Waals surface area contributed by atoms with Crippen molar-refractivity contribution in [2.75, 3.05) is 26.7 Å². The van der Waals surface area contributed by atoms with Crippen LogP contribution < -0.4 is 10.6 Å². The van der Waals surface area contributed by atoms with E-state index in [-0.39, 0.29) is 37.9 Å². The molecule has 1 atom stereocenters. The van der Waals surface area contributed by atoms with Crippen molar-refractivity contribution in [3.63, 3.8) is 0 Å². The topological polar surface area (TPSA) is 99.8 Å². The number of alkyl halides is 3. The molecule has 1 aliphatic rings. The molecule has 1 aromatic rings. The van der Waals surface area contributed by atoms with E-state index in [1.54, 1.807) is 7.05 Å². The molecule has 12 heteroatoms. The average molecular weight is 425 g/mol. The molecule has 0 saturated carbocycles. The minimum atomic E-state index is -5.27. The van der Waals surface area contributed by atoms with Crippen LogP contribution in [0.15, 0.2) is 9.52 Å². The van der Waals surface area contributed by atoms with Crippen LogP contribution in [0.5, 0.6) is 0 Å². The quantitative estimate of drug-likeness (QED) is 0.552. The lowest BCUT2D eigenvalue weighted by Gasteiger charge is -2.32. The molecule has 0 bridgehead atoms. The Bertz CT molecular complexity index is 779. The number of rotatable bonds is 5. The Kier molecular flexibility index (Phi) is 6.97. The van der Waals surface area contributed by atoms with Crippen molar-refractivity contribution >= 4 is 16.0 Å². The van der Waals surface area contributed by atoms with Crippen LogP contribution in [0.3, 0.4) is 0 Å². The van der Waals surface area contributed by atoms with E-state index in [1.807, 2.05) is 20.8 Å². The van der Waals surface area contributed by atoms with Crippen LogP contribution in [-0.4, -0.2) is 62.1 Å². The smallest absolute Gasteiger partial charge is 0.361 e. The summed E-state index contributed by atoms with van der Waals surface area (Å²) in [6.07, 6.45) is 0.519. The number of nitrogens with one attached hydrogen (secondary N) is 2. The second kappa shape index (κ2) is 8.68. The molecule has 1 aromatic heterocycles. The van der Waals surface area contributed by atoms with Gasteiger partial charge in [-0.2, -0.15) is 17.5 Å². The number of halogens is 3. The molecule has 160 valence electrons. The summed E-state index contributed by atoms with van der Waals surface area (Å²) in [6.45, 7) is 5.93. The molecular weight excluding hydrogens is 399 g/mol. The van der Waals surface area contributed by atoms with Crippen molar-refractivity contribution in [1.82, 2.24) is 20.1 Å². The van der Waals surface area contributed by atoms with Gasteiger partial charge in [0.2, 0.25) is 0 Å². The Balaban J connectivity index is 1.86. The van der Waals surface area contributed by atoms with Crippen LogP contribution in [0.1, 0.15) is 42.7 Å². The molecule has 1 saturated heterocycles. The molecule has 0 aliphatic carbocycles. The molecule has 1 aliphatic heterocycles. The van der Waals surface area contributed by atoms with E-state index >= 15 is 0 Å². The second-order valence-electron chi connectivity index (χ2n) is 6.86. The predicted molar refractivity (Wildman–Crippen MR) is 98.5 cm³/mol. The summed E-state index contributed by atoms with van der Waals surface area (Å²) in [6, 6.07) is -0.166. The van der Waals surface area contributed by atoms with Crippen molar-refractivity contribution in [3.05, 3.63) is 17.0 Å². The zero-order valence-electron chi connectivity index (χ0n) is 16.3. The monoisotopic (exact) mass is 425 g/mol. The largest absolute Gasteiger partial charge is 0.511 e.